The van der Waals surface area contributed by atoms with Crippen molar-refractivity contribution in [2.24, 2.45) is 0 Å². The Morgan fingerprint density at radius 3 is 1.50 bits per heavy atom. The number of aromatic nitrogens is 1. The Kier molecular flexibility index (Phi) is 8.05. The minimum atomic E-state index is 0.814. The topological polar surface area (TPSA) is 8.17 Å². The van der Waals surface area contributed by atoms with E-state index < -0.39 is 0 Å². The number of nitrogens with zero attached hydrogens (tertiary/aromatic N) is 2. The van der Waals surface area contributed by atoms with Gasteiger partial charge in [-0.15, -0.1) is 22.7 Å². The first-order valence-electron chi connectivity index (χ1n) is 19.2. The minimum absolute atomic E-state index is 0.814. The van der Waals surface area contributed by atoms with Gasteiger partial charge in [0.25, 0.3) is 0 Å². The Morgan fingerprint density at radius 2 is 0.893 bits per heavy atom. The fraction of sp³-hybridized carbons (Fsp3) is 0.0385. The quantitative estimate of drug-likeness (QED) is 0.170. The Bertz CT molecular complexity index is 3080. The van der Waals surface area contributed by atoms with Crippen molar-refractivity contribution in [1.82, 2.24) is 4.57 Å². The molecular formula is C52H36N2S2. The lowest BCUT2D eigenvalue weighted by atomic mass is 9.94. The van der Waals surface area contributed by atoms with Gasteiger partial charge in [-0.2, -0.15) is 0 Å². The molecule has 0 atom stereocenters. The maximum absolute atomic E-state index is 2.43. The highest BCUT2D eigenvalue weighted by Crippen LogP contribution is 2.53. The first-order chi connectivity index (χ1) is 27.8. The van der Waals surface area contributed by atoms with Gasteiger partial charge in [0.05, 0.1) is 11.0 Å². The lowest BCUT2D eigenvalue weighted by Crippen LogP contribution is -2.18. The fourth-order valence-corrected chi connectivity index (χ4v) is 11.0. The summed E-state index contributed by atoms with van der Waals surface area (Å²) in [5, 5.41) is 5.16. The first-order valence-corrected chi connectivity index (χ1v) is 20.8. The van der Waals surface area contributed by atoms with E-state index in [2.05, 4.69) is 204 Å². The van der Waals surface area contributed by atoms with Crippen LogP contribution in [0.1, 0.15) is 5.56 Å². The maximum Gasteiger partial charge on any atom is 0.0541 e. The van der Waals surface area contributed by atoms with Gasteiger partial charge in [0.2, 0.25) is 0 Å². The molecule has 10 aromatic rings. The summed E-state index contributed by atoms with van der Waals surface area (Å²) in [6, 6.07) is 62.6. The number of hydrogen-bond donors (Lipinski definition) is 0. The fourth-order valence-electron chi connectivity index (χ4n) is 8.56. The van der Waals surface area contributed by atoms with E-state index in [0.29, 0.717) is 0 Å². The van der Waals surface area contributed by atoms with Crippen LogP contribution >= 0.6 is 22.7 Å². The molecule has 1 aliphatic heterocycles. The second-order valence-corrected chi connectivity index (χ2v) is 16.5. The predicted molar refractivity (Wildman–Crippen MR) is 243 cm³/mol. The second-order valence-electron chi connectivity index (χ2n) is 14.4. The van der Waals surface area contributed by atoms with Gasteiger partial charge in [0.1, 0.15) is 0 Å². The molecule has 0 unspecified atom stereocenters. The van der Waals surface area contributed by atoms with Crippen LogP contribution in [0.5, 0.6) is 0 Å². The lowest BCUT2D eigenvalue weighted by molar-refractivity contribution is 1.07. The van der Waals surface area contributed by atoms with Crippen LogP contribution in [-0.2, 0) is 6.42 Å². The highest BCUT2D eigenvalue weighted by Gasteiger charge is 2.24. The van der Waals surface area contributed by atoms with E-state index >= 15 is 0 Å². The largest absolute Gasteiger partial charge is 0.337 e. The van der Waals surface area contributed by atoms with Crippen molar-refractivity contribution in [2.75, 3.05) is 11.4 Å². The summed E-state index contributed by atoms with van der Waals surface area (Å²) in [7, 11) is 0. The molecule has 4 heterocycles. The van der Waals surface area contributed by atoms with E-state index in [1.807, 2.05) is 22.7 Å². The van der Waals surface area contributed by atoms with Crippen molar-refractivity contribution in [3.8, 4) is 37.7 Å². The number of benzene rings is 7. The zero-order valence-electron chi connectivity index (χ0n) is 30.6. The third-order valence-electron chi connectivity index (χ3n) is 11.1. The Morgan fingerprint density at radius 1 is 0.411 bits per heavy atom. The summed E-state index contributed by atoms with van der Waals surface area (Å²) in [5.74, 6) is 0. The molecule has 0 fully saturated rings. The van der Waals surface area contributed by atoms with Gasteiger partial charge in [0.15, 0.2) is 0 Å². The Labute approximate surface area is 334 Å². The van der Waals surface area contributed by atoms with Crippen molar-refractivity contribution < 1.29 is 0 Å². The molecule has 4 heteroatoms. The normalized spacial score (nSPS) is 13.0. The number of anilines is 2. The van der Waals surface area contributed by atoms with E-state index in [1.165, 1.54) is 96.6 Å². The summed E-state index contributed by atoms with van der Waals surface area (Å²) in [5.41, 5.74) is 12.5. The molecule has 7 aromatic carbocycles. The van der Waals surface area contributed by atoms with Crippen molar-refractivity contribution in [2.45, 2.75) is 6.42 Å². The van der Waals surface area contributed by atoms with Crippen LogP contribution in [0.25, 0.3) is 79.7 Å². The van der Waals surface area contributed by atoms with Gasteiger partial charge in [-0.05, 0) is 77.7 Å². The van der Waals surface area contributed by atoms with E-state index in [9.17, 15) is 0 Å². The van der Waals surface area contributed by atoms with E-state index in [4.69, 9.17) is 0 Å². The third-order valence-corrected chi connectivity index (χ3v) is 13.6. The molecule has 0 saturated carbocycles. The highest BCUT2D eigenvalue weighted by atomic mass is 32.1. The molecule has 0 N–H and O–H groups in total. The molecule has 2 nitrogen and oxygen atoms in total. The van der Waals surface area contributed by atoms with Crippen molar-refractivity contribution in [3.05, 3.63) is 200 Å². The maximum atomic E-state index is 2.43. The molecule has 0 spiro atoms. The summed E-state index contributed by atoms with van der Waals surface area (Å²) in [6.45, 7) is 0.814. The summed E-state index contributed by atoms with van der Waals surface area (Å²) >= 11 is 3.79. The Balaban J connectivity index is 1.05. The predicted octanol–water partition coefficient (Wildman–Crippen LogP) is 15.0. The van der Waals surface area contributed by atoms with Gasteiger partial charge in [-0.1, -0.05) is 140 Å². The van der Waals surface area contributed by atoms with Gasteiger partial charge >= 0.3 is 0 Å². The van der Waals surface area contributed by atoms with Crippen molar-refractivity contribution >= 4 is 76.0 Å². The SMILES string of the molecule is C1=CCc2ccccc2N(c2ccc(-c3sc4ccccc4c3-c3c(-c4ccc(-n5c6ccccc6c6ccccc65)cc4)sc4ccccc34)cc2)CC=C1. The number of allylic oxidation sites excluding steroid dienone is 3. The van der Waals surface area contributed by atoms with E-state index in [0.717, 1.165) is 13.0 Å². The van der Waals surface area contributed by atoms with Crippen LogP contribution in [0.2, 0.25) is 0 Å². The number of rotatable bonds is 5. The van der Waals surface area contributed by atoms with Crippen LogP contribution in [0, 0.1) is 0 Å². The van der Waals surface area contributed by atoms with Gasteiger partial charge in [0, 0.05) is 75.4 Å². The molecule has 0 bridgehead atoms. The number of hydrogen-bond acceptors (Lipinski definition) is 3. The molecule has 0 aliphatic carbocycles. The molecule has 3 aromatic heterocycles. The van der Waals surface area contributed by atoms with E-state index in [-0.39, 0.29) is 0 Å². The van der Waals surface area contributed by atoms with Crippen LogP contribution in [0.15, 0.2) is 194 Å². The number of para-hydroxylation sites is 3. The number of thiophene rings is 2. The monoisotopic (exact) mass is 752 g/mol. The van der Waals surface area contributed by atoms with Crippen molar-refractivity contribution in [3.63, 3.8) is 0 Å². The smallest absolute Gasteiger partial charge is 0.0541 e. The zero-order chi connectivity index (χ0) is 37.0. The first kappa shape index (κ1) is 32.9. The van der Waals surface area contributed by atoms with Gasteiger partial charge in [-0.3, -0.25) is 0 Å². The van der Waals surface area contributed by atoms with Crippen molar-refractivity contribution in [1.29, 1.82) is 0 Å². The Hall–Kier alpha value is -6.46. The highest BCUT2D eigenvalue weighted by molar-refractivity contribution is 7.24. The lowest BCUT2D eigenvalue weighted by Gasteiger charge is -2.26. The molecule has 0 radical (unpaired) electrons. The van der Waals surface area contributed by atoms with Gasteiger partial charge in [-0.25, -0.2) is 0 Å². The molecule has 11 rings (SSSR count). The average Bonchev–Trinajstić information content (AvgIpc) is 3.95. The second kappa shape index (κ2) is 13.7. The van der Waals surface area contributed by atoms with Crippen LogP contribution in [-0.4, -0.2) is 11.1 Å². The third kappa shape index (κ3) is 5.44. The standard InChI is InChI=1S/C52H36N2S2/c1-2-14-34-53(44-21-9-4-16-35(44)15-3-1)38-30-26-36(27-31-38)51-49(42-19-7-12-24-47(42)55-51)50-43-20-8-13-25-48(43)56-52(50)37-28-32-39(33-29-37)54-45-22-10-5-17-40(45)41-18-6-11-23-46(41)54/h1-14,16-33H,15,34H2. The summed E-state index contributed by atoms with van der Waals surface area (Å²) < 4.78 is 5.00. The molecule has 56 heavy (non-hydrogen) atoms. The molecule has 0 saturated heterocycles. The molecule has 266 valence electrons. The molecule has 0 amide bonds. The zero-order valence-corrected chi connectivity index (χ0v) is 32.2. The van der Waals surface area contributed by atoms with Crippen LogP contribution in [0.3, 0.4) is 0 Å². The van der Waals surface area contributed by atoms with E-state index in [1.54, 1.807) is 0 Å². The van der Waals surface area contributed by atoms with Crippen LogP contribution < -0.4 is 4.90 Å². The molecule has 1 aliphatic rings. The number of fused-ring (bicyclic) bond motifs is 6. The summed E-state index contributed by atoms with van der Waals surface area (Å²) in [4.78, 5) is 5.04. The molecular weight excluding hydrogens is 717 g/mol. The summed E-state index contributed by atoms with van der Waals surface area (Å²) in [6.07, 6.45) is 9.73. The van der Waals surface area contributed by atoms with Crippen LogP contribution in [0.4, 0.5) is 11.4 Å². The minimum Gasteiger partial charge on any atom is -0.337 e. The average molecular weight is 753 g/mol. The van der Waals surface area contributed by atoms with Gasteiger partial charge < -0.3 is 9.47 Å².